The van der Waals surface area contributed by atoms with Crippen molar-refractivity contribution in [3.8, 4) is 0 Å². The number of aliphatic carboxylic acids is 1. The largest absolute Gasteiger partial charge is 0.480 e. The maximum absolute atomic E-state index is 11.9. The van der Waals surface area contributed by atoms with E-state index < -0.39 is 12.0 Å². The van der Waals surface area contributed by atoms with Gasteiger partial charge >= 0.3 is 5.97 Å². The van der Waals surface area contributed by atoms with Gasteiger partial charge in [-0.25, -0.2) is 0 Å². The first-order valence-corrected chi connectivity index (χ1v) is 7.43. The van der Waals surface area contributed by atoms with Crippen molar-refractivity contribution in [2.24, 2.45) is 5.92 Å². The second kappa shape index (κ2) is 6.31. The van der Waals surface area contributed by atoms with Crippen molar-refractivity contribution in [3.63, 3.8) is 0 Å². The van der Waals surface area contributed by atoms with Gasteiger partial charge in [-0.3, -0.25) is 14.5 Å². The summed E-state index contributed by atoms with van der Waals surface area (Å²) in [5, 5.41) is 12.3. The van der Waals surface area contributed by atoms with Crippen LogP contribution in [0.2, 0.25) is 0 Å². The molecule has 0 spiro atoms. The molecule has 3 aliphatic rings. The molecule has 3 rings (SSSR count). The molecule has 1 amide bonds. The first-order valence-electron chi connectivity index (χ1n) is 7.43. The zero-order valence-corrected chi connectivity index (χ0v) is 12.4. The van der Waals surface area contributed by atoms with Crippen molar-refractivity contribution < 1.29 is 14.7 Å². The maximum Gasteiger partial charge on any atom is 0.320 e. The molecule has 1 heterocycles. The molecule has 5 nitrogen and oxygen atoms in total. The molecule has 3 unspecified atom stereocenters. The Balaban J connectivity index is 0.00000147. The standard InChI is InChI=1S/C14H22N2O3.ClH/c17-13(15-10-5-6-10)8-16-11-4-2-1-3-9(11)7-12(16)14(18)19;/h9-12H,1-8H2,(H,15,17)(H,18,19);1H. The Kier molecular flexibility index (Phi) is 4.91. The van der Waals surface area contributed by atoms with E-state index in [0.29, 0.717) is 18.0 Å². The second-order valence-electron chi connectivity index (χ2n) is 6.22. The van der Waals surface area contributed by atoms with Gasteiger partial charge in [0.1, 0.15) is 6.04 Å². The number of halogens is 1. The van der Waals surface area contributed by atoms with Crippen molar-refractivity contribution in [1.82, 2.24) is 10.2 Å². The zero-order chi connectivity index (χ0) is 13.4. The number of likely N-dealkylation sites (tertiary alicyclic amines) is 1. The molecule has 0 bridgehead atoms. The number of carboxylic acid groups (broad SMARTS) is 1. The van der Waals surface area contributed by atoms with Crippen molar-refractivity contribution in [3.05, 3.63) is 0 Å². The highest BCUT2D eigenvalue weighted by atomic mass is 35.5. The first-order chi connectivity index (χ1) is 9.15. The lowest BCUT2D eigenvalue weighted by molar-refractivity contribution is -0.143. The van der Waals surface area contributed by atoms with Crippen LogP contribution < -0.4 is 5.32 Å². The molecule has 3 atom stereocenters. The number of hydrogen-bond donors (Lipinski definition) is 2. The fourth-order valence-electron chi connectivity index (χ4n) is 3.69. The molecule has 0 aromatic heterocycles. The molecule has 1 saturated heterocycles. The molecule has 0 radical (unpaired) electrons. The average Bonchev–Trinajstić information content (AvgIpc) is 3.10. The van der Waals surface area contributed by atoms with E-state index in [0.717, 1.165) is 38.5 Å². The molecule has 2 N–H and O–H groups in total. The van der Waals surface area contributed by atoms with E-state index in [4.69, 9.17) is 0 Å². The number of hydrogen-bond acceptors (Lipinski definition) is 3. The molecule has 0 aromatic rings. The average molecular weight is 303 g/mol. The lowest BCUT2D eigenvalue weighted by atomic mass is 9.85. The van der Waals surface area contributed by atoms with Crippen LogP contribution in [0.5, 0.6) is 0 Å². The summed E-state index contributed by atoms with van der Waals surface area (Å²) in [5.74, 6) is -0.294. The molecule has 6 heteroatoms. The Morgan fingerprint density at radius 2 is 1.85 bits per heavy atom. The number of carbonyl (C=O) groups excluding carboxylic acids is 1. The number of carbonyl (C=O) groups is 2. The molecule has 20 heavy (non-hydrogen) atoms. The number of carboxylic acids is 1. The molecule has 1 aliphatic heterocycles. The fraction of sp³-hybridized carbons (Fsp3) is 0.857. The number of nitrogens with zero attached hydrogens (tertiary/aromatic N) is 1. The number of fused-ring (bicyclic) bond motifs is 1. The van der Waals surface area contributed by atoms with Gasteiger partial charge in [0, 0.05) is 12.1 Å². The van der Waals surface area contributed by atoms with Crippen LogP contribution in [0.25, 0.3) is 0 Å². The summed E-state index contributed by atoms with van der Waals surface area (Å²) in [6, 6.07) is 0.193. The summed E-state index contributed by atoms with van der Waals surface area (Å²) in [5.41, 5.74) is 0. The van der Waals surface area contributed by atoms with Crippen LogP contribution in [0.1, 0.15) is 44.9 Å². The van der Waals surface area contributed by atoms with Gasteiger partial charge in [0.2, 0.25) is 5.91 Å². The molecular weight excluding hydrogens is 280 g/mol. The highest BCUT2D eigenvalue weighted by Crippen LogP contribution is 2.39. The van der Waals surface area contributed by atoms with Crippen LogP contribution in [0, 0.1) is 5.92 Å². The van der Waals surface area contributed by atoms with E-state index in [1.165, 1.54) is 6.42 Å². The maximum atomic E-state index is 11.9. The van der Waals surface area contributed by atoms with Gasteiger partial charge in [0.15, 0.2) is 0 Å². The molecular formula is C14H23ClN2O3. The number of nitrogens with one attached hydrogen (secondary N) is 1. The van der Waals surface area contributed by atoms with Crippen LogP contribution in [0.15, 0.2) is 0 Å². The quantitative estimate of drug-likeness (QED) is 0.824. The third kappa shape index (κ3) is 3.26. The minimum Gasteiger partial charge on any atom is -0.480 e. The zero-order valence-electron chi connectivity index (χ0n) is 11.6. The van der Waals surface area contributed by atoms with E-state index in [1.54, 1.807) is 0 Å². The predicted molar refractivity (Wildman–Crippen MR) is 76.9 cm³/mol. The highest BCUT2D eigenvalue weighted by molar-refractivity contribution is 5.85. The van der Waals surface area contributed by atoms with Gasteiger partial charge in [-0.1, -0.05) is 12.8 Å². The van der Waals surface area contributed by atoms with E-state index in [9.17, 15) is 14.7 Å². The molecule has 0 aromatic carbocycles. The topological polar surface area (TPSA) is 69.6 Å². The minimum absolute atomic E-state index is 0. The number of amides is 1. The predicted octanol–water partition coefficient (Wildman–Crippen LogP) is 1.40. The Morgan fingerprint density at radius 1 is 1.15 bits per heavy atom. The van der Waals surface area contributed by atoms with Crippen molar-refractivity contribution in [1.29, 1.82) is 0 Å². The van der Waals surface area contributed by atoms with Crippen LogP contribution in [-0.2, 0) is 9.59 Å². The minimum atomic E-state index is -0.770. The lowest BCUT2D eigenvalue weighted by Gasteiger charge is -2.32. The van der Waals surface area contributed by atoms with Crippen molar-refractivity contribution in [2.45, 2.75) is 63.1 Å². The Morgan fingerprint density at radius 3 is 2.50 bits per heavy atom. The summed E-state index contributed by atoms with van der Waals surface area (Å²) in [4.78, 5) is 25.3. The fourth-order valence-corrected chi connectivity index (χ4v) is 3.69. The van der Waals surface area contributed by atoms with E-state index >= 15 is 0 Å². The monoisotopic (exact) mass is 302 g/mol. The Hall–Kier alpha value is -0.810. The molecule has 2 aliphatic carbocycles. The van der Waals surface area contributed by atoms with Gasteiger partial charge in [0.05, 0.1) is 6.54 Å². The lowest BCUT2D eigenvalue weighted by Crippen LogP contribution is -2.47. The van der Waals surface area contributed by atoms with Gasteiger partial charge in [0.25, 0.3) is 0 Å². The Labute approximate surface area is 125 Å². The van der Waals surface area contributed by atoms with E-state index in [1.807, 2.05) is 4.90 Å². The van der Waals surface area contributed by atoms with Gasteiger partial charge in [-0.05, 0) is 38.0 Å². The van der Waals surface area contributed by atoms with Gasteiger partial charge in [-0.2, -0.15) is 0 Å². The summed E-state index contributed by atoms with van der Waals surface area (Å²) in [6.07, 6.45) is 7.39. The normalized spacial score (nSPS) is 33.1. The van der Waals surface area contributed by atoms with E-state index in [-0.39, 0.29) is 24.9 Å². The third-order valence-electron chi connectivity index (χ3n) is 4.77. The van der Waals surface area contributed by atoms with Gasteiger partial charge < -0.3 is 10.4 Å². The van der Waals surface area contributed by atoms with Crippen LogP contribution in [0.3, 0.4) is 0 Å². The summed E-state index contributed by atoms with van der Waals surface area (Å²) in [7, 11) is 0. The van der Waals surface area contributed by atoms with Crippen LogP contribution in [0.4, 0.5) is 0 Å². The molecule has 3 fully saturated rings. The first kappa shape index (κ1) is 15.6. The second-order valence-corrected chi connectivity index (χ2v) is 6.22. The third-order valence-corrected chi connectivity index (χ3v) is 4.77. The summed E-state index contributed by atoms with van der Waals surface area (Å²) < 4.78 is 0. The van der Waals surface area contributed by atoms with Gasteiger partial charge in [-0.15, -0.1) is 12.4 Å². The molecule has 114 valence electrons. The SMILES string of the molecule is Cl.O=C(CN1C(C(=O)O)CC2CCCCC21)NC1CC1. The smallest absolute Gasteiger partial charge is 0.320 e. The highest BCUT2D eigenvalue weighted by Gasteiger charge is 2.45. The van der Waals surface area contributed by atoms with Crippen LogP contribution in [-0.4, -0.2) is 46.6 Å². The van der Waals surface area contributed by atoms with Crippen molar-refractivity contribution in [2.75, 3.05) is 6.54 Å². The van der Waals surface area contributed by atoms with Crippen LogP contribution >= 0.6 is 12.4 Å². The number of rotatable bonds is 4. The summed E-state index contributed by atoms with van der Waals surface area (Å²) >= 11 is 0. The Bertz CT molecular complexity index is 387. The van der Waals surface area contributed by atoms with E-state index in [2.05, 4.69) is 5.32 Å². The molecule has 2 saturated carbocycles. The summed E-state index contributed by atoms with van der Waals surface area (Å²) in [6.45, 7) is 0.259. The van der Waals surface area contributed by atoms with Crippen molar-refractivity contribution >= 4 is 24.3 Å².